The number of alkyl halides is 2. The Balaban J connectivity index is 1.52. The van der Waals surface area contributed by atoms with E-state index in [0.717, 1.165) is 35.3 Å². The van der Waals surface area contributed by atoms with Gasteiger partial charge < -0.3 is 4.74 Å². The highest BCUT2D eigenvalue weighted by molar-refractivity contribution is 5.66. The zero-order chi connectivity index (χ0) is 18.8. The average Bonchev–Trinajstić information content (AvgIpc) is 2.67. The lowest BCUT2D eigenvalue weighted by Gasteiger charge is -2.40. The van der Waals surface area contributed by atoms with Gasteiger partial charge in [-0.2, -0.15) is 8.78 Å². The molecule has 2 aromatic carbocycles. The summed E-state index contributed by atoms with van der Waals surface area (Å²) in [7, 11) is 0. The zero-order valence-corrected chi connectivity index (χ0v) is 16.0. The lowest BCUT2D eigenvalue weighted by atomic mass is 9.64. The van der Waals surface area contributed by atoms with E-state index in [1.807, 2.05) is 12.1 Å². The van der Waals surface area contributed by atoms with Gasteiger partial charge in [-0.05, 0) is 84.2 Å². The second kappa shape index (κ2) is 8.00. The van der Waals surface area contributed by atoms with Gasteiger partial charge in [-0.3, -0.25) is 0 Å². The normalized spacial score (nSPS) is 24.4. The van der Waals surface area contributed by atoms with E-state index < -0.39 is 6.61 Å². The van der Waals surface area contributed by atoms with Crippen molar-refractivity contribution in [3.8, 4) is 16.9 Å². The minimum Gasteiger partial charge on any atom is -0.435 e. The second-order valence-electron chi connectivity index (χ2n) is 8.19. The van der Waals surface area contributed by atoms with Gasteiger partial charge in [0.25, 0.3) is 0 Å². The molecule has 27 heavy (non-hydrogen) atoms. The molecule has 0 unspecified atom stereocenters. The highest BCUT2D eigenvalue weighted by atomic mass is 19.3. The number of ether oxygens (including phenoxy) is 1. The monoisotopic (exact) mass is 370 g/mol. The van der Waals surface area contributed by atoms with Crippen molar-refractivity contribution in [1.82, 2.24) is 0 Å². The van der Waals surface area contributed by atoms with Crippen LogP contribution in [0.15, 0.2) is 42.5 Å². The third kappa shape index (κ3) is 4.02. The molecule has 0 heterocycles. The van der Waals surface area contributed by atoms with E-state index in [-0.39, 0.29) is 5.75 Å². The largest absolute Gasteiger partial charge is 0.435 e. The number of hydrogen-bond acceptors (Lipinski definition) is 1. The molecule has 0 spiro atoms. The van der Waals surface area contributed by atoms with Crippen LogP contribution in [-0.2, 0) is 6.42 Å². The first-order valence-corrected chi connectivity index (χ1v) is 10.3. The van der Waals surface area contributed by atoms with Gasteiger partial charge in [0.2, 0.25) is 0 Å². The molecule has 0 bridgehead atoms. The Labute approximate surface area is 160 Å². The molecule has 1 nitrogen and oxygen atoms in total. The van der Waals surface area contributed by atoms with Gasteiger partial charge in [0, 0.05) is 0 Å². The van der Waals surface area contributed by atoms with E-state index in [1.54, 1.807) is 17.7 Å². The summed E-state index contributed by atoms with van der Waals surface area (Å²) in [6.45, 7) is -0.476. The quantitative estimate of drug-likeness (QED) is 0.541. The summed E-state index contributed by atoms with van der Waals surface area (Å²) in [5, 5.41) is 0. The maximum Gasteiger partial charge on any atom is 0.387 e. The maximum absolute atomic E-state index is 12.3. The van der Waals surface area contributed by atoms with Crippen molar-refractivity contribution in [2.45, 2.75) is 64.4 Å². The highest BCUT2D eigenvalue weighted by Crippen LogP contribution is 2.48. The molecular weight excluding hydrogens is 342 g/mol. The van der Waals surface area contributed by atoms with Crippen molar-refractivity contribution in [2.24, 2.45) is 11.8 Å². The molecule has 4 rings (SSSR count). The number of rotatable bonds is 5. The van der Waals surface area contributed by atoms with Crippen LogP contribution < -0.4 is 4.74 Å². The molecular formula is C24H28F2O. The van der Waals surface area contributed by atoms with Crippen LogP contribution in [0, 0.1) is 11.8 Å². The Hall–Kier alpha value is -1.90. The lowest BCUT2D eigenvalue weighted by Crippen LogP contribution is -2.28. The fourth-order valence-electron chi connectivity index (χ4n) is 5.29. The van der Waals surface area contributed by atoms with Crippen LogP contribution in [0.2, 0.25) is 0 Å². The summed E-state index contributed by atoms with van der Waals surface area (Å²) >= 11 is 0. The van der Waals surface area contributed by atoms with E-state index in [2.05, 4.69) is 29.9 Å². The molecule has 0 radical (unpaired) electrons. The first kappa shape index (κ1) is 18.5. The van der Waals surface area contributed by atoms with E-state index in [9.17, 15) is 8.78 Å². The molecule has 0 aliphatic heterocycles. The third-order valence-electron chi connectivity index (χ3n) is 6.53. The van der Waals surface area contributed by atoms with Crippen molar-refractivity contribution in [1.29, 1.82) is 0 Å². The van der Waals surface area contributed by atoms with Crippen LogP contribution in [0.25, 0.3) is 11.1 Å². The Morgan fingerprint density at radius 3 is 2.52 bits per heavy atom. The maximum atomic E-state index is 12.3. The van der Waals surface area contributed by atoms with E-state index in [0.29, 0.717) is 0 Å². The number of aryl methyl sites for hydroxylation is 1. The molecule has 2 aliphatic rings. The first-order valence-electron chi connectivity index (χ1n) is 10.3. The van der Waals surface area contributed by atoms with E-state index in [4.69, 9.17) is 0 Å². The Morgan fingerprint density at radius 2 is 1.78 bits per heavy atom. The topological polar surface area (TPSA) is 9.23 Å². The summed E-state index contributed by atoms with van der Waals surface area (Å²) in [5.41, 5.74) is 5.25. The first-order chi connectivity index (χ1) is 13.1. The van der Waals surface area contributed by atoms with Crippen molar-refractivity contribution in [3.63, 3.8) is 0 Å². The summed E-state index contributed by atoms with van der Waals surface area (Å²) in [5.74, 6) is 2.74. The Bertz CT molecular complexity index is 768. The van der Waals surface area contributed by atoms with Crippen molar-refractivity contribution < 1.29 is 13.5 Å². The average molecular weight is 370 g/mol. The molecule has 144 valence electrons. The molecule has 0 amide bonds. The Morgan fingerprint density at radius 1 is 1.00 bits per heavy atom. The SMILES string of the molecule is CCC[C@@H]1CC[C@@H]2c3ccc(-c4ccc(OC(F)F)cc4)cc3CC[C@@H]2C1. The lowest BCUT2D eigenvalue weighted by molar-refractivity contribution is -0.0498. The Kier molecular flexibility index (Phi) is 5.47. The van der Waals surface area contributed by atoms with Crippen LogP contribution in [0.1, 0.15) is 62.5 Å². The molecule has 0 N–H and O–H groups in total. The predicted octanol–water partition coefficient (Wildman–Crippen LogP) is 7.20. The van der Waals surface area contributed by atoms with Crippen LogP contribution in [0.3, 0.4) is 0 Å². The predicted molar refractivity (Wildman–Crippen MR) is 105 cm³/mol. The fraction of sp³-hybridized carbons (Fsp3) is 0.500. The van der Waals surface area contributed by atoms with Gasteiger partial charge in [-0.25, -0.2) is 0 Å². The number of benzene rings is 2. The van der Waals surface area contributed by atoms with Crippen molar-refractivity contribution in [2.75, 3.05) is 0 Å². The summed E-state index contributed by atoms with van der Waals surface area (Å²) in [6, 6.07) is 13.8. The molecule has 1 fully saturated rings. The van der Waals surface area contributed by atoms with Gasteiger partial charge in [0.05, 0.1) is 0 Å². The van der Waals surface area contributed by atoms with Gasteiger partial charge in [0.15, 0.2) is 0 Å². The van der Waals surface area contributed by atoms with Crippen molar-refractivity contribution >= 4 is 0 Å². The number of halogens is 2. The fourth-order valence-corrected chi connectivity index (χ4v) is 5.29. The smallest absolute Gasteiger partial charge is 0.387 e. The molecule has 0 aromatic heterocycles. The van der Waals surface area contributed by atoms with Gasteiger partial charge in [-0.1, -0.05) is 50.1 Å². The third-order valence-corrected chi connectivity index (χ3v) is 6.53. The van der Waals surface area contributed by atoms with Crippen molar-refractivity contribution in [3.05, 3.63) is 53.6 Å². The van der Waals surface area contributed by atoms with Crippen LogP contribution in [0.4, 0.5) is 8.78 Å². The van der Waals surface area contributed by atoms with Crippen LogP contribution >= 0.6 is 0 Å². The highest BCUT2D eigenvalue weighted by Gasteiger charge is 2.34. The molecule has 2 aromatic rings. The molecule has 3 atom stereocenters. The van der Waals surface area contributed by atoms with Crippen LogP contribution in [-0.4, -0.2) is 6.61 Å². The number of fused-ring (bicyclic) bond motifs is 3. The summed E-state index contributed by atoms with van der Waals surface area (Å²) in [6.07, 6.45) is 9.29. The minimum absolute atomic E-state index is 0.207. The summed E-state index contributed by atoms with van der Waals surface area (Å²) in [4.78, 5) is 0. The minimum atomic E-state index is -2.78. The van der Waals surface area contributed by atoms with E-state index in [1.165, 1.54) is 44.1 Å². The second-order valence-corrected chi connectivity index (χ2v) is 8.19. The standard InChI is InChI=1S/C24H28F2O/c1-2-3-16-4-12-22-19(14-16)5-6-20-15-18(9-13-23(20)22)17-7-10-21(11-8-17)27-24(25)26/h7-11,13,15-16,19,22,24H,2-6,12,14H2,1H3/t16-,19-,22+/m1/s1. The molecule has 3 heteroatoms. The van der Waals surface area contributed by atoms with E-state index >= 15 is 0 Å². The zero-order valence-electron chi connectivity index (χ0n) is 16.0. The molecule has 2 aliphatic carbocycles. The molecule has 1 saturated carbocycles. The van der Waals surface area contributed by atoms with Gasteiger partial charge in [0.1, 0.15) is 5.75 Å². The summed E-state index contributed by atoms with van der Waals surface area (Å²) < 4.78 is 29.1. The van der Waals surface area contributed by atoms with Gasteiger partial charge >= 0.3 is 6.61 Å². The number of hydrogen-bond donors (Lipinski definition) is 0. The van der Waals surface area contributed by atoms with Crippen LogP contribution in [0.5, 0.6) is 5.75 Å². The molecule has 0 saturated heterocycles. The van der Waals surface area contributed by atoms with Gasteiger partial charge in [-0.15, -0.1) is 0 Å².